The Bertz CT molecular complexity index is 1440. The first-order valence-corrected chi connectivity index (χ1v) is 15.0. The molecule has 9 heteroatoms. The third-order valence-corrected chi connectivity index (χ3v) is 8.48. The van der Waals surface area contributed by atoms with Crippen molar-refractivity contribution in [1.29, 1.82) is 0 Å². The van der Waals surface area contributed by atoms with E-state index < -0.39 is 0 Å². The van der Waals surface area contributed by atoms with Gasteiger partial charge in [-0.2, -0.15) is 0 Å². The highest BCUT2D eigenvalue weighted by Gasteiger charge is 2.18. The molecular formula is C30H37FN6OS. The van der Waals surface area contributed by atoms with E-state index in [-0.39, 0.29) is 11.7 Å². The Morgan fingerprint density at radius 3 is 2.87 bits per heavy atom. The molecule has 1 aliphatic heterocycles. The first kappa shape index (κ1) is 27.5. The van der Waals surface area contributed by atoms with Crippen LogP contribution in [0.5, 0.6) is 0 Å². The largest absolute Gasteiger partial charge is 0.356 e. The van der Waals surface area contributed by atoms with Crippen LogP contribution in [0, 0.1) is 12.7 Å². The minimum Gasteiger partial charge on any atom is -0.356 e. The van der Waals surface area contributed by atoms with Gasteiger partial charge in [-0.1, -0.05) is 48.0 Å². The molecule has 1 saturated heterocycles. The standard InChI is InChI=1S/C30H37FN6OS/c1-21-13-14-26-24(19-21)28-29(37(26)20-23-10-3-4-11-25(23)31)33-30(35-34-28)39-18-7-12-27(38)32-15-8-17-36-16-6-5-9-22(36)2/h3-4,10-11,13-14,19,22H,5-9,12,15-18,20H2,1-2H3,(H,32,38). The molecule has 7 nitrogen and oxygen atoms in total. The molecule has 1 unspecified atom stereocenters. The van der Waals surface area contributed by atoms with Gasteiger partial charge in [0.25, 0.3) is 0 Å². The molecule has 0 saturated carbocycles. The maximum Gasteiger partial charge on any atom is 0.220 e. The quantitative estimate of drug-likeness (QED) is 0.191. The van der Waals surface area contributed by atoms with Gasteiger partial charge in [0, 0.05) is 42.3 Å². The summed E-state index contributed by atoms with van der Waals surface area (Å²) in [4.78, 5) is 19.7. The lowest BCUT2D eigenvalue weighted by Crippen LogP contribution is -2.39. The van der Waals surface area contributed by atoms with Crippen LogP contribution in [0.4, 0.5) is 4.39 Å². The first-order valence-electron chi connectivity index (χ1n) is 14.0. The van der Waals surface area contributed by atoms with Gasteiger partial charge in [0.05, 0.1) is 12.1 Å². The highest BCUT2D eigenvalue weighted by molar-refractivity contribution is 7.99. The van der Waals surface area contributed by atoms with Crippen molar-refractivity contribution in [2.75, 3.05) is 25.4 Å². The fraction of sp³-hybridized carbons (Fsp3) is 0.467. The van der Waals surface area contributed by atoms with E-state index in [1.165, 1.54) is 43.6 Å². The van der Waals surface area contributed by atoms with Gasteiger partial charge in [-0.25, -0.2) is 9.37 Å². The fourth-order valence-corrected chi connectivity index (χ4v) is 6.08. The lowest BCUT2D eigenvalue weighted by atomic mass is 10.0. The van der Waals surface area contributed by atoms with Crippen molar-refractivity contribution in [3.05, 3.63) is 59.4 Å². The Morgan fingerprint density at radius 1 is 1.15 bits per heavy atom. The number of halogens is 1. The number of hydrogen-bond donors (Lipinski definition) is 1. The summed E-state index contributed by atoms with van der Waals surface area (Å²) < 4.78 is 16.5. The zero-order valence-electron chi connectivity index (χ0n) is 22.8. The zero-order valence-corrected chi connectivity index (χ0v) is 23.6. The fourth-order valence-electron chi connectivity index (χ4n) is 5.36. The molecule has 206 valence electrons. The topological polar surface area (TPSA) is 75.9 Å². The zero-order chi connectivity index (χ0) is 27.2. The van der Waals surface area contributed by atoms with Crippen LogP contribution in [-0.2, 0) is 11.3 Å². The molecular weight excluding hydrogens is 511 g/mol. The number of aromatic nitrogens is 4. The summed E-state index contributed by atoms with van der Waals surface area (Å²) in [5.41, 5.74) is 4.08. The van der Waals surface area contributed by atoms with E-state index in [9.17, 15) is 9.18 Å². The molecule has 5 rings (SSSR count). The summed E-state index contributed by atoms with van der Waals surface area (Å²) in [6.07, 6.45) is 6.11. The minimum atomic E-state index is -0.240. The molecule has 39 heavy (non-hydrogen) atoms. The summed E-state index contributed by atoms with van der Waals surface area (Å²) >= 11 is 1.50. The number of aryl methyl sites for hydroxylation is 1. The number of carbonyl (C=O) groups is 1. The molecule has 2 aromatic carbocycles. The van der Waals surface area contributed by atoms with Gasteiger partial charge >= 0.3 is 0 Å². The van der Waals surface area contributed by atoms with E-state index in [4.69, 9.17) is 4.98 Å². The molecule has 1 amide bonds. The van der Waals surface area contributed by atoms with E-state index in [1.807, 2.05) is 29.7 Å². The Morgan fingerprint density at radius 2 is 2.03 bits per heavy atom. The van der Waals surface area contributed by atoms with Crippen LogP contribution in [0.25, 0.3) is 22.1 Å². The van der Waals surface area contributed by atoms with E-state index in [0.29, 0.717) is 40.9 Å². The summed E-state index contributed by atoms with van der Waals surface area (Å²) in [5.74, 6) is 0.575. The normalized spacial score (nSPS) is 16.2. The van der Waals surface area contributed by atoms with Crippen molar-refractivity contribution in [2.24, 2.45) is 0 Å². The molecule has 0 radical (unpaired) electrons. The Hall–Kier alpha value is -3.04. The highest BCUT2D eigenvalue weighted by Crippen LogP contribution is 2.29. The van der Waals surface area contributed by atoms with Crippen molar-refractivity contribution >= 4 is 39.7 Å². The van der Waals surface area contributed by atoms with E-state index in [1.54, 1.807) is 12.1 Å². The number of nitrogens with zero attached hydrogens (tertiary/aromatic N) is 5. The number of amides is 1. The predicted octanol–water partition coefficient (Wildman–Crippen LogP) is 5.73. The van der Waals surface area contributed by atoms with Gasteiger partial charge in [0.1, 0.15) is 11.3 Å². The number of rotatable bonds is 11. The second-order valence-corrected chi connectivity index (χ2v) is 11.6. The second-order valence-electron chi connectivity index (χ2n) is 10.5. The number of hydrogen-bond acceptors (Lipinski definition) is 6. The number of fused-ring (bicyclic) bond motifs is 3. The summed E-state index contributed by atoms with van der Waals surface area (Å²) in [6, 6.07) is 13.6. The van der Waals surface area contributed by atoms with Crippen molar-refractivity contribution in [1.82, 2.24) is 30.0 Å². The minimum absolute atomic E-state index is 0.0946. The average molecular weight is 549 g/mol. The van der Waals surface area contributed by atoms with Gasteiger partial charge in [-0.3, -0.25) is 4.79 Å². The highest BCUT2D eigenvalue weighted by atomic mass is 32.2. The monoisotopic (exact) mass is 548 g/mol. The van der Waals surface area contributed by atoms with Crippen molar-refractivity contribution < 1.29 is 9.18 Å². The number of benzene rings is 2. The Balaban J connectivity index is 1.17. The molecule has 1 fully saturated rings. The SMILES string of the molecule is Cc1ccc2c(c1)c1nnc(SCCCC(=O)NCCCN3CCCCC3C)nc1n2Cc1ccccc1F. The third kappa shape index (κ3) is 6.76. The number of piperidine rings is 1. The van der Waals surface area contributed by atoms with Gasteiger partial charge in [-0.15, -0.1) is 10.2 Å². The smallest absolute Gasteiger partial charge is 0.220 e. The molecule has 1 aliphatic rings. The lowest BCUT2D eigenvalue weighted by molar-refractivity contribution is -0.121. The summed E-state index contributed by atoms with van der Waals surface area (Å²) in [6.45, 7) is 7.65. The van der Waals surface area contributed by atoms with Crippen LogP contribution in [0.2, 0.25) is 0 Å². The number of likely N-dealkylation sites (tertiary alicyclic amines) is 1. The van der Waals surface area contributed by atoms with Crippen molar-refractivity contribution in [3.63, 3.8) is 0 Å². The Kier molecular flexibility index (Phi) is 9.09. The van der Waals surface area contributed by atoms with E-state index >= 15 is 0 Å². The van der Waals surface area contributed by atoms with Gasteiger partial charge in [0.15, 0.2) is 5.65 Å². The number of thioether (sulfide) groups is 1. The second kappa shape index (κ2) is 12.9. The van der Waals surface area contributed by atoms with Crippen molar-refractivity contribution in [2.45, 2.75) is 70.1 Å². The van der Waals surface area contributed by atoms with Crippen LogP contribution < -0.4 is 5.32 Å². The molecule has 1 atom stereocenters. The van der Waals surface area contributed by atoms with Crippen LogP contribution in [0.15, 0.2) is 47.6 Å². The third-order valence-electron chi connectivity index (χ3n) is 7.55. The number of carbonyl (C=O) groups excluding carboxylic acids is 1. The van der Waals surface area contributed by atoms with Gasteiger partial charge < -0.3 is 14.8 Å². The Labute approximate surface area is 233 Å². The molecule has 2 aromatic heterocycles. The summed E-state index contributed by atoms with van der Waals surface area (Å²) in [7, 11) is 0. The molecule has 4 aromatic rings. The van der Waals surface area contributed by atoms with E-state index in [2.05, 4.69) is 33.4 Å². The van der Waals surface area contributed by atoms with Crippen LogP contribution >= 0.6 is 11.8 Å². The maximum absolute atomic E-state index is 14.5. The van der Waals surface area contributed by atoms with Gasteiger partial charge in [0.2, 0.25) is 11.1 Å². The lowest BCUT2D eigenvalue weighted by Gasteiger charge is -2.33. The predicted molar refractivity (Wildman–Crippen MR) is 156 cm³/mol. The average Bonchev–Trinajstić information content (AvgIpc) is 3.23. The molecule has 0 bridgehead atoms. The molecule has 0 spiro atoms. The van der Waals surface area contributed by atoms with Gasteiger partial charge in [-0.05, 0) is 64.3 Å². The van der Waals surface area contributed by atoms with E-state index in [0.717, 1.165) is 48.2 Å². The summed E-state index contributed by atoms with van der Waals surface area (Å²) in [5, 5.41) is 13.5. The first-order chi connectivity index (χ1) is 19.0. The maximum atomic E-state index is 14.5. The van der Waals surface area contributed by atoms with Crippen LogP contribution in [0.3, 0.4) is 0 Å². The molecule has 0 aliphatic carbocycles. The van der Waals surface area contributed by atoms with Crippen LogP contribution in [0.1, 0.15) is 56.6 Å². The number of nitrogens with one attached hydrogen (secondary N) is 1. The van der Waals surface area contributed by atoms with Crippen LogP contribution in [-0.4, -0.2) is 62.0 Å². The molecule has 3 heterocycles. The van der Waals surface area contributed by atoms with Crippen molar-refractivity contribution in [3.8, 4) is 0 Å². The molecule has 1 N–H and O–H groups in total.